The van der Waals surface area contributed by atoms with E-state index in [1.54, 1.807) is 43.2 Å². The van der Waals surface area contributed by atoms with Crippen LogP contribution in [-0.2, 0) is 7.05 Å². The lowest BCUT2D eigenvalue weighted by Gasteiger charge is -2.17. The van der Waals surface area contributed by atoms with E-state index < -0.39 is 5.60 Å². The number of pyridine rings is 1. The number of rotatable bonds is 4. The molecule has 3 aromatic heterocycles. The van der Waals surface area contributed by atoms with E-state index in [2.05, 4.69) is 19.9 Å². The van der Waals surface area contributed by atoms with E-state index >= 15 is 0 Å². The molecule has 0 radical (unpaired) electrons. The summed E-state index contributed by atoms with van der Waals surface area (Å²) < 4.78 is 7.17. The SMILES string of the molecule is Cn1cnc(-c2nccc3c(=O)[nH]c(OCC(C)(C)O)nc23)c1. The predicted octanol–water partition coefficient (Wildman–Crippen LogP) is 0.868. The van der Waals surface area contributed by atoms with Gasteiger partial charge in [0.15, 0.2) is 0 Å². The highest BCUT2D eigenvalue weighted by Crippen LogP contribution is 2.22. The average molecular weight is 315 g/mol. The fraction of sp³-hybridized carbons (Fsp3) is 0.333. The Labute approximate surface area is 131 Å². The molecule has 0 spiro atoms. The molecule has 0 saturated heterocycles. The molecule has 2 N–H and O–H groups in total. The smallest absolute Gasteiger partial charge is 0.297 e. The van der Waals surface area contributed by atoms with Gasteiger partial charge in [-0.15, -0.1) is 0 Å². The van der Waals surface area contributed by atoms with Crippen molar-refractivity contribution in [1.29, 1.82) is 0 Å². The van der Waals surface area contributed by atoms with Crippen LogP contribution in [0, 0.1) is 0 Å². The number of imidazole rings is 1. The van der Waals surface area contributed by atoms with Crippen molar-refractivity contribution in [2.75, 3.05) is 6.61 Å². The second-order valence-electron chi connectivity index (χ2n) is 5.95. The van der Waals surface area contributed by atoms with Crippen LogP contribution in [0.4, 0.5) is 0 Å². The van der Waals surface area contributed by atoms with Gasteiger partial charge in [0.05, 0.1) is 17.3 Å². The van der Waals surface area contributed by atoms with Crippen molar-refractivity contribution < 1.29 is 9.84 Å². The molecule has 3 heterocycles. The highest BCUT2D eigenvalue weighted by molar-refractivity contribution is 5.89. The van der Waals surface area contributed by atoms with Crippen LogP contribution in [-0.4, -0.2) is 41.8 Å². The molecule has 0 atom stereocenters. The normalized spacial score (nSPS) is 11.8. The second kappa shape index (κ2) is 5.47. The number of nitrogens with one attached hydrogen (secondary N) is 1. The van der Waals surface area contributed by atoms with Gasteiger partial charge in [-0.25, -0.2) is 4.98 Å². The third-order valence-electron chi connectivity index (χ3n) is 3.11. The number of aromatic nitrogens is 5. The Morgan fingerprint density at radius 1 is 1.39 bits per heavy atom. The summed E-state index contributed by atoms with van der Waals surface area (Å²) in [5.74, 6) is 0. The highest BCUT2D eigenvalue weighted by atomic mass is 16.5. The first-order valence-electron chi connectivity index (χ1n) is 7.06. The summed E-state index contributed by atoms with van der Waals surface area (Å²) in [6.45, 7) is 3.21. The predicted molar refractivity (Wildman–Crippen MR) is 84.2 cm³/mol. The van der Waals surface area contributed by atoms with Crippen LogP contribution in [0.15, 0.2) is 29.6 Å². The minimum Gasteiger partial charge on any atom is -0.462 e. The van der Waals surface area contributed by atoms with Crippen molar-refractivity contribution in [3.63, 3.8) is 0 Å². The number of hydrogen-bond acceptors (Lipinski definition) is 6. The van der Waals surface area contributed by atoms with Crippen molar-refractivity contribution in [2.45, 2.75) is 19.4 Å². The van der Waals surface area contributed by atoms with E-state index in [1.165, 1.54) is 0 Å². The maximum atomic E-state index is 12.2. The molecule has 0 bridgehead atoms. The van der Waals surface area contributed by atoms with Gasteiger partial charge in [0, 0.05) is 19.4 Å². The summed E-state index contributed by atoms with van der Waals surface area (Å²) in [7, 11) is 1.85. The van der Waals surface area contributed by atoms with E-state index in [-0.39, 0.29) is 18.2 Å². The lowest BCUT2D eigenvalue weighted by atomic mass is 10.2. The van der Waals surface area contributed by atoms with Crippen LogP contribution >= 0.6 is 0 Å². The van der Waals surface area contributed by atoms with Crippen LogP contribution in [0.2, 0.25) is 0 Å². The molecule has 0 unspecified atom stereocenters. The molecule has 0 aromatic carbocycles. The Kier molecular flexibility index (Phi) is 3.61. The number of aliphatic hydroxyl groups is 1. The van der Waals surface area contributed by atoms with E-state index in [0.717, 1.165) is 0 Å². The molecule has 8 heteroatoms. The quantitative estimate of drug-likeness (QED) is 0.740. The van der Waals surface area contributed by atoms with E-state index in [0.29, 0.717) is 22.3 Å². The number of H-pyrrole nitrogens is 1. The zero-order valence-electron chi connectivity index (χ0n) is 13.1. The van der Waals surface area contributed by atoms with Crippen molar-refractivity contribution in [3.8, 4) is 17.4 Å². The van der Waals surface area contributed by atoms with Gasteiger partial charge < -0.3 is 14.4 Å². The van der Waals surface area contributed by atoms with Gasteiger partial charge in [0.2, 0.25) is 0 Å². The van der Waals surface area contributed by atoms with Gasteiger partial charge >= 0.3 is 0 Å². The highest BCUT2D eigenvalue weighted by Gasteiger charge is 2.17. The molecule has 0 aliphatic carbocycles. The van der Waals surface area contributed by atoms with E-state index in [9.17, 15) is 9.90 Å². The number of ether oxygens (including phenoxy) is 1. The standard InChI is InChI=1S/C15H17N5O3/c1-15(2,22)7-23-14-18-11-9(13(21)19-14)4-5-16-12(11)10-6-20(3)8-17-10/h4-6,8,22H,7H2,1-3H3,(H,18,19,21). The third kappa shape index (κ3) is 3.21. The van der Waals surface area contributed by atoms with Gasteiger partial charge in [0.25, 0.3) is 11.6 Å². The van der Waals surface area contributed by atoms with Crippen molar-refractivity contribution in [1.82, 2.24) is 24.5 Å². The first-order chi connectivity index (χ1) is 10.8. The Balaban J connectivity index is 2.12. The van der Waals surface area contributed by atoms with Crippen LogP contribution in [0.1, 0.15) is 13.8 Å². The molecule has 23 heavy (non-hydrogen) atoms. The second-order valence-corrected chi connectivity index (χ2v) is 5.95. The fourth-order valence-corrected chi connectivity index (χ4v) is 2.08. The zero-order chi connectivity index (χ0) is 16.6. The van der Waals surface area contributed by atoms with Crippen molar-refractivity contribution in [2.24, 2.45) is 7.05 Å². The van der Waals surface area contributed by atoms with Gasteiger partial charge in [0.1, 0.15) is 23.5 Å². The van der Waals surface area contributed by atoms with Crippen molar-refractivity contribution >= 4 is 10.9 Å². The van der Waals surface area contributed by atoms with Gasteiger partial charge in [-0.1, -0.05) is 0 Å². The minimum absolute atomic E-state index is 0.000624. The molecule has 120 valence electrons. The number of aromatic amines is 1. The summed E-state index contributed by atoms with van der Waals surface area (Å²) >= 11 is 0. The molecule has 0 aliphatic heterocycles. The first kappa shape index (κ1) is 15.2. The molecular formula is C15H17N5O3. The number of aryl methyl sites for hydroxylation is 1. The third-order valence-corrected chi connectivity index (χ3v) is 3.11. The Morgan fingerprint density at radius 3 is 2.83 bits per heavy atom. The fourth-order valence-electron chi connectivity index (χ4n) is 2.08. The first-order valence-corrected chi connectivity index (χ1v) is 7.06. The summed E-state index contributed by atoms with van der Waals surface area (Å²) in [6, 6.07) is 1.63. The van der Waals surface area contributed by atoms with Crippen molar-refractivity contribution in [3.05, 3.63) is 35.1 Å². The summed E-state index contributed by atoms with van der Waals surface area (Å²) in [4.78, 5) is 27.6. The van der Waals surface area contributed by atoms with E-state index in [1.807, 2.05) is 7.05 Å². The monoisotopic (exact) mass is 315 g/mol. The molecular weight excluding hydrogens is 298 g/mol. The van der Waals surface area contributed by atoms with Gasteiger partial charge in [-0.2, -0.15) is 4.98 Å². The molecule has 3 rings (SSSR count). The van der Waals surface area contributed by atoms with Gasteiger partial charge in [-0.05, 0) is 19.9 Å². The van der Waals surface area contributed by atoms with E-state index in [4.69, 9.17) is 4.74 Å². The number of nitrogens with zero attached hydrogens (tertiary/aromatic N) is 4. The van der Waals surface area contributed by atoms with Crippen LogP contribution in [0.5, 0.6) is 6.01 Å². The molecule has 3 aromatic rings. The average Bonchev–Trinajstić information content (AvgIpc) is 2.90. The van der Waals surface area contributed by atoms with Gasteiger partial charge in [-0.3, -0.25) is 14.8 Å². The molecule has 8 nitrogen and oxygen atoms in total. The lowest BCUT2D eigenvalue weighted by molar-refractivity contribution is 0.0250. The Hall–Kier alpha value is -2.74. The van der Waals surface area contributed by atoms with Crippen LogP contribution < -0.4 is 10.3 Å². The Bertz CT molecular complexity index is 907. The molecule has 0 aliphatic rings. The molecule has 0 fully saturated rings. The molecule has 0 saturated carbocycles. The maximum absolute atomic E-state index is 12.2. The summed E-state index contributed by atoms with van der Waals surface area (Å²) in [6.07, 6.45) is 4.98. The number of fused-ring (bicyclic) bond motifs is 1. The lowest BCUT2D eigenvalue weighted by Crippen LogP contribution is -2.29. The van der Waals surface area contributed by atoms with Crippen LogP contribution in [0.3, 0.4) is 0 Å². The minimum atomic E-state index is -1.04. The zero-order valence-corrected chi connectivity index (χ0v) is 13.1. The maximum Gasteiger partial charge on any atom is 0.297 e. The van der Waals surface area contributed by atoms with Crippen LogP contribution in [0.25, 0.3) is 22.3 Å². The Morgan fingerprint density at radius 2 is 2.17 bits per heavy atom. The summed E-state index contributed by atoms with van der Waals surface area (Å²) in [5, 5.41) is 10.1. The summed E-state index contributed by atoms with van der Waals surface area (Å²) in [5.41, 5.74) is 0.152. The molecule has 0 amide bonds. The topological polar surface area (TPSA) is 106 Å². The number of hydrogen-bond donors (Lipinski definition) is 2. The largest absolute Gasteiger partial charge is 0.462 e.